The Morgan fingerprint density at radius 2 is 0.966 bits per heavy atom. The van der Waals surface area contributed by atoms with Gasteiger partial charge < -0.3 is 33.6 Å². The minimum absolute atomic E-state index is 0. The van der Waals surface area contributed by atoms with E-state index in [4.69, 9.17) is 22.9 Å². The van der Waals surface area contributed by atoms with E-state index < -0.39 is 0 Å². The van der Waals surface area contributed by atoms with Gasteiger partial charge in [-0.05, 0) is 21.5 Å². The molecule has 6 nitrogen and oxygen atoms in total. The van der Waals surface area contributed by atoms with E-state index >= 15 is 0 Å². The second-order valence-corrected chi connectivity index (χ2v) is 6.90. The molecule has 29 heavy (non-hydrogen) atoms. The molecule has 2 unspecified atom stereocenters. The number of rotatable bonds is 7. The van der Waals surface area contributed by atoms with Gasteiger partial charge in [-0.3, -0.25) is 0 Å². The van der Waals surface area contributed by atoms with E-state index in [1.54, 1.807) is 0 Å². The van der Waals surface area contributed by atoms with Crippen molar-refractivity contribution in [3.8, 4) is 0 Å². The fraction of sp³-hybridized carbons (Fsp3) is 0.364. The van der Waals surface area contributed by atoms with Gasteiger partial charge in [-0.1, -0.05) is 62.4 Å². The van der Waals surface area contributed by atoms with Gasteiger partial charge in [0.15, 0.2) is 0 Å². The number of hydrogen-bond acceptors (Lipinski definition) is 0. The van der Waals surface area contributed by atoms with Crippen LogP contribution >= 0.6 is 0 Å². The topological polar surface area (TPSA) is 123 Å². The van der Waals surface area contributed by atoms with Crippen LogP contribution in [-0.4, -0.2) is 38.3 Å². The van der Waals surface area contributed by atoms with Gasteiger partial charge in [0.25, 0.3) is 0 Å². The standard InChI is InChI=1S/C14H10N2.C8H18N4.Rh/c15-13-11-7-3-1-5-9(11)10-6-2-4-8-12(10)14(13)16;1-7(9)5-11-3-4-12-6-8(2)10;/h1-8,15-16H;7-10H,3-6H2,1-2H3;/q-2;-4;. The molecule has 2 atom stereocenters. The molecule has 0 aliphatic rings. The molecule has 0 heterocycles. The second kappa shape index (κ2) is 12.7. The predicted octanol–water partition coefficient (Wildman–Crippen LogP) is 7.97. The first-order valence-electron chi connectivity index (χ1n) is 9.47. The van der Waals surface area contributed by atoms with Crippen molar-refractivity contribution in [2.45, 2.75) is 25.9 Å². The molecule has 0 fully saturated rings. The fourth-order valence-corrected chi connectivity index (χ4v) is 2.85. The smallest absolute Gasteiger partial charge is 0 e. The molecule has 4 N–H and O–H groups in total. The summed E-state index contributed by atoms with van der Waals surface area (Å²) in [6, 6.07) is 15.4. The monoisotopic (exact) mass is 479 g/mol. The molecule has 0 aliphatic carbocycles. The molecule has 0 aliphatic heterocycles. The summed E-state index contributed by atoms with van der Waals surface area (Å²) in [7, 11) is 0. The molecule has 0 aromatic heterocycles. The minimum atomic E-state index is -0.0971. The molecule has 161 valence electrons. The van der Waals surface area contributed by atoms with Crippen molar-refractivity contribution in [2.75, 3.05) is 26.2 Å². The average molecular weight is 479 g/mol. The quantitative estimate of drug-likeness (QED) is 0.185. The molecule has 0 amide bonds. The summed E-state index contributed by atoms with van der Waals surface area (Å²) in [5.41, 5.74) is 30.9. The van der Waals surface area contributed by atoms with Gasteiger partial charge in [-0.25, -0.2) is 0 Å². The Balaban J connectivity index is 0.000000295. The second-order valence-electron chi connectivity index (χ2n) is 6.90. The van der Waals surface area contributed by atoms with Crippen LogP contribution in [-0.2, 0) is 19.5 Å². The van der Waals surface area contributed by atoms with Crippen molar-refractivity contribution in [1.82, 2.24) is 0 Å². The SMILES string of the molecule is CC([NH-])C[N-]CC[N-]CC(C)[NH-].[NH-]c1c([NH-])c2ccccc2c2ccccc12.[Rh]. The third kappa shape index (κ3) is 7.54. The van der Waals surface area contributed by atoms with Gasteiger partial charge in [0.1, 0.15) is 0 Å². The summed E-state index contributed by atoms with van der Waals surface area (Å²) >= 11 is 0. The largest absolute Gasteiger partial charge is 0.699 e. The van der Waals surface area contributed by atoms with Crippen molar-refractivity contribution in [1.29, 1.82) is 0 Å². The summed E-state index contributed by atoms with van der Waals surface area (Å²) in [5, 5.41) is 12.1. The van der Waals surface area contributed by atoms with Crippen LogP contribution in [0.5, 0.6) is 0 Å². The fourth-order valence-electron chi connectivity index (χ4n) is 2.85. The third-order valence-corrected chi connectivity index (χ3v) is 4.16. The van der Waals surface area contributed by atoms with Gasteiger partial charge in [0.05, 0.1) is 0 Å². The molecule has 0 saturated heterocycles. The Hall–Kier alpha value is -1.76. The van der Waals surface area contributed by atoms with Crippen molar-refractivity contribution in [3.63, 3.8) is 0 Å². The zero-order valence-electron chi connectivity index (χ0n) is 16.8. The van der Waals surface area contributed by atoms with E-state index in [0.29, 0.717) is 37.6 Å². The van der Waals surface area contributed by atoms with Crippen molar-refractivity contribution in [3.05, 3.63) is 82.1 Å². The Morgan fingerprint density at radius 3 is 1.28 bits per heavy atom. The first-order chi connectivity index (χ1) is 13.4. The van der Waals surface area contributed by atoms with E-state index in [1.165, 1.54) is 0 Å². The predicted molar refractivity (Wildman–Crippen MR) is 123 cm³/mol. The third-order valence-electron chi connectivity index (χ3n) is 4.16. The molecule has 3 aromatic carbocycles. The molecule has 1 radical (unpaired) electrons. The Morgan fingerprint density at radius 1 is 0.655 bits per heavy atom. The van der Waals surface area contributed by atoms with Crippen LogP contribution in [0.1, 0.15) is 13.8 Å². The van der Waals surface area contributed by atoms with E-state index in [0.717, 1.165) is 21.5 Å². The van der Waals surface area contributed by atoms with Crippen molar-refractivity contribution >= 4 is 32.9 Å². The van der Waals surface area contributed by atoms with Crippen LogP contribution in [0, 0.1) is 0 Å². The molecule has 0 bridgehead atoms. The summed E-state index contributed by atoms with van der Waals surface area (Å²) in [5.74, 6) is 0. The summed E-state index contributed by atoms with van der Waals surface area (Å²) in [4.78, 5) is 0. The first kappa shape index (κ1) is 25.3. The van der Waals surface area contributed by atoms with Gasteiger partial charge in [-0.15, -0.1) is 11.4 Å². The van der Waals surface area contributed by atoms with Crippen molar-refractivity contribution < 1.29 is 19.5 Å². The average Bonchev–Trinajstić information content (AvgIpc) is 2.69. The van der Waals surface area contributed by atoms with Crippen molar-refractivity contribution in [2.24, 2.45) is 0 Å². The van der Waals surface area contributed by atoms with Crippen LogP contribution < -0.4 is 0 Å². The zero-order valence-corrected chi connectivity index (χ0v) is 18.5. The minimum Gasteiger partial charge on any atom is -0.699 e. The van der Waals surface area contributed by atoms with Gasteiger partial charge in [0, 0.05) is 19.5 Å². The number of fused-ring (bicyclic) bond motifs is 3. The van der Waals surface area contributed by atoms with Crippen LogP contribution in [0.2, 0.25) is 0 Å². The van der Waals surface area contributed by atoms with Gasteiger partial charge >= 0.3 is 0 Å². The maximum atomic E-state index is 7.98. The molecular weight excluding hydrogens is 451 g/mol. The molecule has 0 spiro atoms. The molecular formula is C22H28N6Rh-6. The molecule has 3 aromatic rings. The molecule has 0 saturated carbocycles. The molecule has 3 rings (SSSR count). The number of hydrogen-bond donors (Lipinski definition) is 0. The zero-order chi connectivity index (χ0) is 20.5. The normalized spacial score (nSPS) is 12.7. The van der Waals surface area contributed by atoms with E-state index in [9.17, 15) is 0 Å². The maximum absolute atomic E-state index is 7.98. The van der Waals surface area contributed by atoms with E-state index in [-0.39, 0.29) is 31.6 Å². The summed E-state index contributed by atoms with van der Waals surface area (Å²) in [6.07, 6.45) is 0. The Labute approximate surface area is 186 Å². The Bertz CT molecular complexity index is 809. The number of benzene rings is 3. The van der Waals surface area contributed by atoms with Crippen LogP contribution in [0.15, 0.2) is 48.5 Å². The number of nitrogens with one attached hydrogen (secondary N) is 4. The van der Waals surface area contributed by atoms with Gasteiger partial charge in [-0.2, -0.15) is 38.3 Å². The van der Waals surface area contributed by atoms with Gasteiger partial charge in [0.2, 0.25) is 0 Å². The number of nitrogens with zero attached hydrogens (tertiary/aromatic N) is 2. The summed E-state index contributed by atoms with van der Waals surface area (Å²) in [6.45, 7) is 6.27. The maximum Gasteiger partial charge on any atom is 0 e. The van der Waals surface area contributed by atoms with E-state index in [1.807, 2.05) is 62.4 Å². The summed E-state index contributed by atoms with van der Waals surface area (Å²) < 4.78 is 0. The van der Waals surface area contributed by atoms with Crippen LogP contribution in [0.3, 0.4) is 0 Å². The van der Waals surface area contributed by atoms with Crippen LogP contribution in [0.25, 0.3) is 55.1 Å². The molecule has 7 heteroatoms. The van der Waals surface area contributed by atoms with E-state index in [2.05, 4.69) is 10.6 Å². The first-order valence-corrected chi connectivity index (χ1v) is 9.47. The van der Waals surface area contributed by atoms with Crippen LogP contribution in [0.4, 0.5) is 11.4 Å². The Kier molecular flexibility index (Phi) is 11.1.